The van der Waals surface area contributed by atoms with Gasteiger partial charge in [-0.3, -0.25) is 0 Å². The minimum Gasteiger partial charge on any atom is -0.333 e. The van der Waals surface area contributed by atoms with Gasteiger partial charge in [-0.1, -0.05) is 20.1 Å². The first-order valence-corrected chi connectivity index (χ1v) is 5.23. The second-order valence-corrected chi connectivity index (χ2v) is 4.07. The van der Waals surface area contributed by atoms with Crippen LogP contribution in [0.1, 0.15) is 20.3 Å². The van der Waals surface area contributed by atoms with Gasteiger partial charge in [0.2, 0.25) is 0 Å². The largest absolute Gasteiger partial charge is 0.333 e. The minimum absolute atomic E-state index is 0.920. The van der Waals surface area contributed by atoms with Crippen molar-refractivity contribution in [1.82, 2.24) is 4.90 Å². The molecule has 0 aromatic heterocycles. The summed E-state index contributed by atoms with van der Waals surface area (Å²) in [4.78, 5) is 6.55. The van der Waals surface area contributed by atoms with E-state index in [1.54, 1.807) is 0 Å². The molecular formula is C11H17N2P. The molecule has 3 heteroatoms. The van der Waals surface area contributed by atoms with Gasteiger partial charge in [0, 0.05) is 30.4 Å². The van der Waals surface area contributed by atoms with Gasteiger partial charge in [-0.15, -0.1) is 9.24 Å². The van der Waals surface area contributed by atoms with Gasteiger partial charge in [0.1, 0.15) is 5.84 Å². The van der Waals surface area contributed by atoms with Crippen LogP contribution in [0.5, 0.6) is 0 Å². The molecule has 1 aliphatic heterocycles. The summed E-state index contributed by atoms with van der Waals surface area (Å²) in [5, 5.41) is 0.943. The van der Waals surface area contributed by atoms with Gasteiger partial charge in [0.15, 0.2) is 0 Å². The van der Waals surface area contributed by atoms with E-state index in [0.717, 1.165) is 34.5 Å². The Kier molecular flexibility index (Phi) is 3.28. The van der Waals surface area contributed by atoms with Gasteiger partial charge in [-0.05, 0) is 12.2 Å². The molecule has 1 unspecified atom stereocenters. The number of nitrogens with zero attached hydrogens (tertiary/aromatic N) is 2. The maximum absolute atomic E-state index is 4.52. The second-order valence-electron chi connectivity index (χ2n) is 3.37. The van der Waals surface area contributed by atoms with Crippen LogP contribution in [-0.2, 0) is 0 Å². The molecule has 0 N–H and O–H groups in total. The van der Waals surface area contributed by atoms with Crippen LogP contribution in [0.2, 0.25) is 0 Å². The van der Waals surface area contributed by atoms with Crippen LogP contribution in [0.15, 0.2) is 40.4 Å². The van der Waals surface area contributed by atoms with Gasteiger partial charge in [-0.2, -0.15) is 0 Å². The van der Waals surface area contributed by atoms with Crippen molar-refractivity contribution in [3.8, 4) is 0 Å². The van der Waals surface area contributed by atoms with Crippen LogP contribution in [-0.4, -0.2) is 17.8 Å². The first-order chi connectivity index (χ1) is 6.49. The van der Waals surface area contributed by atoms with Crippen LogP contribution in [0.3, 0.4) is 0 Å². The SMILES string of the molecule is C=C(P)C1=C(C)N=C(CC)N(C)C1=C. The third kappa shape index (κ3) is 1.80. The Labute approximate surface area is 88.3 Å². The van der Waals surface area contributed by atoms with E-state index in [-0.39, 0.29) is 0 Å². The number of rotatable bonds is 2. The van der Waals surface area contributed by atoms with Crippen LogP contribution in [0.25, 0.3) is 0 Å². The molecule has 0 aliphatic carbocycles. The fourth-order valence-corrected chi connectivity index (χ4v) is 1.97. The highest BCUT2D eigenvalue weighted by Crippen LogP contribution is 2.31. The molecule has 0 aromatic rings. The maximum Gasteiger partial charge on any atom is 0.108 e. The number of hydrogen-bond acceptors (Lipinski definition) is 2. The molecule has 0 bridgehead atoms. The van der Waals surface area contributed by atoms with Gasteiger partial charge in [-0.25, -0.2) is 4.99 Å². The van der Waals surface area contributed by atoms with E-state index in [9.17, 15) is 0 Å². The Morgan fingerprint density at radius 3 is 2.57 bits per heavy atom. The fraction of sp³-hybridized carbons (Fsp3) is 0.364. The molecule has 0 amide bonds. The van der Waals surface area contributed by atoms with Crippen molar-refractivity contribution in [2.24, 2.45) is 4.99 Å². The molecular weight excluding hydrogens is 191 g/mol. The van der Waals surface area contributed by atoms with E-state index in [1.165, 1.54) is 0 Å². The number of hydrogen-bond donors (Lipinski definition) is 0. The topological polar surface area (TPSA) is 15.6 Å². The molecule has 0 saturated heterocycles. The van der Waals surface area contributed by atoms with E-state index in [1.807, 2.05) is 18.9 Å². The van der Waals surface area contributed by atoms with Crippen molar-refractivity contribution >= 4 is 15.1 Å². The molecule has 0 saturated carbocycles. The average Bonchev–Trinajstić information content (AvgIpc) is 2.10. The van der Waals surface area contributed by atoms with Crippen LogP contribution in [0, 0.1) is 0 Å². The molecule has 2 nitrogen and oxygen atoms in total. The first kappa shape index (κ1) is 11.2. The zero-order valence-electron chi connectivity index (χ0n) is 9.09. The Bertz CT molecular complexity index is 350. The van der Waals surface area contributed by atoms with E-state index in [4.69, 9.17) is 0 Å². The van der Waals surface area contributed by atoms with Crippen molar-refractivity contribution in [1.29, 1.82) is 0 Å². The van der Waals surface area contributed by atoms with Gasteiger partial charge >= 0.3 is 0 Å². The Morgan fingerprint density at radius 1 is 1.57 bits per heavy atom. The first-order valence-electron chi connectivity index (χ1n) is 4.65. The lowest BCUT2D eigenvalue weighted by atomic mass is 10.1. The number of allylic oxidation sites excluding steroid dienone is 2. The quantitative estimate of drug-likeness (QED) is 0.637. The number of likely N-dealkylation sites (N-methyl/N-ethyl adjacent to an activating group) is 1. The summed E-state index contributed by atoms with van der Waals surface area (Å²) in [6.07, 6.45) is 0.920. The molecule has 1 heterocycles. The normalized spacial score (nSPS) is 17.3. The highest BCUT2D eigenvalue weighted by Gasteiger charge is 2.19. The lowest BCUT2D eigenvalue weighted by molar-refractivity contribution is 0.613. The highest BCUT2D eigenvalue weighted by molar-refractivity contribution is 7.23. The zero-order chi connectivity index (χ0) is 10.9. The summed E-state index contributed by atoms with van der Waals surface area (Å²) in [7, 11) is 4.60. The zero-order valence-corrected chi connectivity index (χ0v) is 10.2. The smallest absolute Gasteiger partial charge is 0.108 e. The molecule has 0 spiro atoms. The third-order valence-corrected chi connectivity index (χ3v) is 2.67. The lowest BCUT2D eigenvalue weighted by Crippen LogP contribution is -2.29. The molecule has 76 valence electrons. The highest BCUT2D eigenvalue weighted by atomic mass is 31.0. The molecule has 14 heavy (non-hydrogen) atoms. The van der Waals surface area contributed by atoms with E-state index < -0.39 is 0 Å². The van der Waals surface area contributed by atoms with Crippen LogP contribution < -0.4 is 0 Å². The molecule has 1 rings (SSSR count). The standard InChI is InChI=1S/C11H17N2P/c1-6-10-12-7(2)11(9(4)14)8(3)13(10)5/h3-4,6,14H2,1-2,5H3. The monoisotopic (exact) mass is 208 g/mol. The van der Waals surface area contributed by atoms with Gasteiger partial charge in [0.05, 0.1) is 0 Å². The van der Waals surface area contributed by atoms with Gasteiger partial charge < -0.3 is 4.90 Å². The van der Waals surface area contributed by atoms with Crippen molar-refractivity contribution in [3.63, 3.8) is 0 Å². The predicted molar refractivity (Wildman–Crippen MR) is 66.2 cm³/mol. The maximum atomic E-state index is 4.52. The molecule has 0 radical (unpaired) electrons. The van der Waals surface area contributed by atoms with Crippen LogP contribution in [0.4, 0.5) is 0 Å². The molecule has 0 fully saturated rings. The second kappa shape index (κ2) is 4.10. The minimum atomic E-state index is 0.920. The van der Waals surface area contributed by atoms with Crippen LogP contribution >= 0.6 is 9.24 Å². The summed E-state index contributed by atoms with van der Waals surface area (Å²) >= 11 is 0. The van der Waals surface area contributed by atoms with E-state index in [0.29, 0.717) is 0 Å². The molecule has 1 atom stereocenters. The summed E-state index contributed by atoms with van der Waals surface area (Å²) in [6.45, 7) is 12.1. The summed E-state index contributed by atoms with van der Waals surface area (Å²) in [6, 6.07) is 0. The predicted octanol–water partition coefficient (Wildman–Crippen LogP) is 2.92. The van der Waals surface area contributed by atoms with Crippen molar-refractivity contribution in [2.45, 2.75) is 20.3 Å². The summed E-state index contributed by atoms with van der Waals surface area (Å²) in [5.74, 6) is 1.06. The molecule has 0 aromatic carbocycles. The average molecular weight is 208 g/mol. The summed E-state index contributed by atoms with van der Waals surface area (Å²) in [5.41, 5.74) is 3.04. The number of amidine groups is 1. The third-order valence-electron chi connectivity index (χ3n) is 2.38. The lowest BCUT2D eigenvalue weighted by Gasteiger charge is -2.29. The van der Waals surface area contributed by atoms with E-state index in [2.05, 4.69) is 34.3 Å². The van der Waals surface area contributed by atoms with Gasteiger partial charge in [0.25, 0.3) is 0 Å². The Hall–Kier alpha value is -0.880. The van der Waals surface area contributed by atoms with Crippen molar-refractivity contribution in [2.75, 3.05) is 7.05 Å². The number of aliphatic imine (C=N–C) groups is 1. The van der Waals surface area contributed by atoms with Crippen molar-refractivity contribution in [3.05, 3.63) is 35.4 Å². The molecule has 1 aliphatic rings. The Balaban J connectivity index is 3.23. The van der Waals surface area contributed by atoms with E-state index >= 15 is 0 Å². The van der Waals surface area contributed by atoms with Crippen molar-refractivity contribution < 1.29 is 0 Å². The fourth-order valence-electron chi connectivity index (χ4n) is 1.59. The Morgan fingerprint density at radius 2 is 2.14 bits per heavy atom. The summed E-state index contributed by atoms with van der Waals surface area (Å²) < 4.78 is 0.